The molecule has 1 aliphatic rings. The third kappa shape index (κ3) is 4.76. The molecule has 30 heavy (non-hydrogen) atoms. The molecular formula is C22H28N2O5S. The Morgan fingerprint density at radius 1 is 1.03 bits per heavy atom. The highest BCUT2D eigenvalue weighted by atomic mass is 32.2. The van der Waals surface area contributed by atoms with E-state index in [-0.39, 0.29) is 22.8 Å². The first kappa shape index (κ1) is 22.1. The summed E-state index contributed by atoms with van der Waals surface area (Å²) in [6.07, 6.45) is 0.972. The number of hydrogen-bond acceptors (Lipinski definition) is 5. The van der Waals surface area contributed by atoms with Crippen LogP contribution in [0.4, 0.5) is 0 Å². The summed E-state index contributed by atoms with van der Waals surface area (Å²) < 4.78 is 37.9. The Hall–Kier alpha value is -2.58. The smallest absolute Gasteiger partial charge is 0.243 e. The van der Waals surface area contributed by atoms with Crippen molar-refractivity contribution in [2.75, 3.05) is 27.3 Å². The van der Waals surface area contributed by atoms with Crippen LogP contribution in [0, 0.1) is 5.92 Å². The van der Waals surface area contributed by atoms with E-state index in [4.69, 9.17) is 9.47 Å². The molecule has 2 aromatic rings. The van der Waals surface area contributed by atoms with Gasteiger partial charge in [-0.1, -0.05) is 30.3 Å². The molecular weight excluding hydrogens is 404 g/mol. The van der Waals surface area contributed by atoms with E-state index in [1.54, 1.807) is 6.07 Å². The van der Waals surface area contributed by atoms with Crippen LogP contribution in [0.25, 0.3) is 0 Å². The number of sulfonamides is 1. The zero-order valence-electron chi connectivity index (χ0n) is 17.5. The van der Waals surface area contributed by atoms with E-state index >= 15 is 0 Å². The lowest BCUT2D eigenvalue weighted by Crippen LogP contribution is -2.43. The molecule has 3 rings (SSSR count). The van der Waals surface area contributed by atoms with Gasteiger partial charge in [0.05, 0.1) is 25.2 Å². The second-order valence-electron chi connectivity index (χ2n) is 7.34. The highest BCUT2D eigenvalue weighted by Gasteiger charge is 2.33. The summed E-state index contributed by atoms with van der Waals surface area (Å²) in [5.41, 5.74) is 1.04. The van der Waals surface area contributed by atoms with Crippen molar-refractivity contribution in [2.45, 2.75) is 30.7 Å². The molecule has 0 bridgehead atoms. The van der Waals surface area contributed by atoms with Gasteiger partial charge in [0, 0.05) is 25.1 Å². The largest absolute Gasteiger partial charge is 0.493 e. The second-order valence-corrected chi connectivity index (χ2v) is 9.27. The highest BCUT2D eigenvalue weighted by molar-refractivity contribution is 7.89. The Kier molecular flexibility index (Phi) is 6.99. The quantitative estimate of drug-likeness (QED) is 0.727. The van der Waals surface area contributed by atoms with E-state index in [2.05, 4.69) is 5.32 Å². The first-order valence-electron chi connectivity index (χ1n) is 9.94. The van der Waals surface area contributed by atoms with Crippen molar-refractivity contribution in [1.29, 1.82) is 0 Å². The zero-order chi connectivity index (χ0) is 21.7. The maximum Gasteiger partial charge on any atom is 0.243 e. The topological polar surface area (TPSA) is 84.9 Å². The van der Waals surface area contributed by atoms with E-state index in [9.17, 15) is 13.2 Å². The molecule has 0 unspecified atom stereocenters. The van der Waals surface area contributed by atoms with Gasteiger partial charge in [-0.15, -0.1) is 0 Å². The van der Waals surface area contributed by atoms with Gasteiger partial charge in [-0.25, -0.2) is 8.42 Å². The van der Waals surface area contributed by atoms with Crippen molar-refractivity contribution in [3.8, 4) is 11.5 Å². The molecule has 8 heteroatoms. The summed E-state index contributed by atoms with van der Waals surface area (Å²) in [5.74, 6) is 0.602. The van der Waals surface area contributed by atoms with Crippen molar-refractivity contribution >= 4 is 15.9 Å². The monoisotopic (exact) mass is 432 g/mol. The number of nitrogens with one attached hydrogen (secondary N) is 1. The Morgan fingerprint density at radius 2 is 1.67 bits per heavy atom. The molecule has 1 amide bonds. The number of nitrogens with zero attached hydrogens (tertiary/aromatic N) is 1. The summed E-state index contributed by atoms with van der Waals surface area (Å²) in [4.78, 5) is 12.8. The standard InChI is InChI=1S/C22H28N2O5S/c1-16(17-7-5-4-6-8-17)23-22(25)18-11-13-24(14-12-18)30(26,27)19-9-10-20(28-2)21(15-19)29-3/h4-10,15-16,18H,11-14H2,1-3H3,(H,23,25)/t16-/m0/s1. The van der Waals surface area contributed by atoms with Gasteiger partial charge in [0.2, 0.25) is 15.9 Å². The van der Waals surface area contributed by atoms with Crippen LogP contribution >= 0.6 is 0 Å². The molecule has 1 saturated heterocycles. The fraction of sp³-hybridized carbons (Fsp3) is 0.409. The number of rotatable bonds is 7. The normalized spacial score (nSPS) is 16.6. The van der Waals surface area contributed by atoms with E-state index in [1.165, 1.54) is 30.7 Å². The minimum absolute atomic E-state index is 0.0329. The predicted molar refractivity (Wildman–Crippen MR) is 114 cm³/mol. The van der Waals surface area contributed by atoms with E-state index in [0.29, 0.717) is 37.4 Å². The highest BCUT2D eigenvalue weighted by Crippen LogP contribution is 2.32. The van der Waals surface area contributed by atoms with E-state index in [1.807, 2.05) is 37.3 Å². The molecule has 0 aliphatic carbocycles. The molecule has 2 aromatic carbocycles. The number of amides is 1. The van der Waals surface area contributed by atoms with Crippen molar-refractivity contribution in [3.63, 3.8) is 0 Å². The summed E-state index contributed by atoms with van der Waals surface area (Å²) in [7, 11) is -0.701. The third-order valence-corrected chi connectivity index (χ3v) is 7.37. The Labute approximate surface area is 178 Å². The van der Waals surface area contributed by atoms with Crippen LogP contribution in [-0.2, 0) is 14.8 Å². The number of carbonyl (C=O) groups excluding carboxylic acids is 1. The third-order valence-electron chi connectivity index (χ3n) is 5.48. The van der Waals surface area contributed by atoms with Gasteiger partial charge in [-0.05, 0) is 37.5 Å². The number of benzene rings is 2. The second kappa shape index (κ2) is 9.49. The minimum Gasteiger partial charge on any atom is -0.493 e. The molecule has 0 aromatic heterocycles. The fourth-order valence-electron chi connectivity index (χ4n) is 3.64. The molecule has 1 aliphatic heterocycles. The fourth-order valence-corrected chi connectivity index (χ4v) is 5.13. The van der Waals surface area contributed by atoms with Crippen LogP contribution in [0.15, 0.2) is 53.4 Å². The van der Waals surface area contributed by atoms with Crippen molar-refractivity contribution in [3.05, 3.63) is 54.1 Å². The van der Waals surface area contributed by atoms with Gasteiger partial charge in [-0.3, -0.25) is 4.79 Å². The molecule has 0 radical (unpaired) electrons. The number of carbonyl (C=O) groups is 1. The van der Waals surface area contributed by atoms with E-state index < -0.39 is 10.0 Å². The minimum atomic E-state index is -3.67. The first-order chi connectivity index (χ1) is 14.4. The van der Waals surface area contributed by atoms with Crippen LogP contribution in [0.5, 0.6) is 11.5 Å². The number of piperidine rings is 1. The van der Waals surface area contributed by atoms with Gasteiger partial charge in [0.1, 0.15) is 0 Å². The van der Waals surface area contributed by atoms with Gasteiger partial charge in [0.25, 0.3) is 0 Å². The lowest BCUT2D eigenvalue weighted by atomic mass is 9.96. The molecule has 0 saturated carbocycles. The maximum absolute atomic E-state index is 13.0. The van der Waals surface area contributed by atoms with Crippen LogP contribution in [0.3, 0.4) is 0 Å². The average Bonchev–Trinajstić information content (AvgIpc) is 2.79. The van der Waals surface area contributed by atoms with Gasteiger partial charge in [-0.2, -0.15) is 4.31 Å². The first-order valence-corrected chi connectivity index (χ1v) is 11.4. The molecule has 0 spiro atoms. The summed E-state index contributed by atoms with van der Waals surface area (Å²) in [5, 5.41) is 3.04. The van der Waals surface area contributed by atoms with Crippen LogP contribution in [0.1, 0.15) is 31.4 Å². The molecule has 1 heterocycles. The van der Waals surface area contributed by atoms with Crippen LogP contribution in [0.2, 0.25) is 0 Å². The van der Waals surface area contributed by atoms with Crippen molar-refractivity contribution in [2.24, 2.45) is 5.92 Å². The molecule has 162 valence electrons. The maximum atomic E-state index is 13.0. The number of ether oxygens (including phenoxy) is 2. The van der Waals surface area contributed by atoms with Gasteiger partial charge >= 0.3 is 0 Å². The molecule has 7 nitrogen and oxygen atoms in total. The summed E-state index contributed by atoms with van der Waals surface area (Å²) >= 11 is 0. The SMILES string of the molecule is COc1ccc(S(=O)(=O)N2CCC(C(=O)N[C@@H](C)c3ccccc3)CC2)cc1OC. The Balaban J connectivity index is 1.62. The number of hydrogen-bond donors (Lipinski definition) is 1. The van der Waals surface area contributed by atoms with Gasteiger partial charge < -0.3 is 14.8 Å². The van der Waals surface area contributed by atoms with Crippen LogP contribution in [-0.4, -0.2) is 45.9 Å². The average molecular weight is 433 g/mol. The van der Waals surface area contributed by atoms with Crippen molar-refractivity contribution < 1.29 is 22.7 Å². The predicted octanol–water partition coefficient (Wildman–Crippen LogP) is 2.98. The summed E-state index contributed by atoms with van der Waals surface area (Å²) in [6, 6.07) is 14.2. The van der Waals surface area contributed by atoms with E-state index in [0.717, 1.165) is 5.56 Å². The molecule has 1 fully saturated rings. The Morgan fingerprint density at radius 3 is 2.27 bits per heavy atom. The lowest BCUT2D eigenvalue weighted by Gasteiger charge is -2.31. The number of methoxy groups -OCH3 is 2. The summed E-state index contributed by atoms with van der Waals surface area (Å²) in [6.45, 7) is 2.55. The van der Waals surface area contributed by atoms with Crippen LogP contribution < -0.4 is 14.8 Å². The molecule has 1 atom stereocenters. The molecule has 1 N–H and O–H groups in total. The van der Waals surface area contributed by atoms with Gasteiger partial charge in [0.15, 0.2) is 11.5 Å². The lowest BCUT2D eigenvalue weighted by molar-refractivity contribution is -0.126. The zero-order valence-corrected chi connectivity index (χ0v) is 18.3. The van der Waals surface area contributed by atoms with Crippen molar-refractivity contribution in [1.82, 2.24) is 9.62 Å². The Bertz CT molecular complexity index is 970.